The van der Waals surface area contributed by atoms with Crippen LogP contribution in [0, 0.1) is 0 Å². The molecule has 1 atom stereocenters. The average Bonchev–Trinajstić information content (AvgIpc) is 2.44. The van der Waals surface area contributed by atoms with Gasteiger partial charge in [0.2, 0.25) is 5.95 Å². The van der Waals surface area contributed by atoms with E-state index in [-0.39, 0.29) is 18.6 Å². The number of nitrogen functional groups attached to an aromatic ring is 1. The molecule has 2 aromatic heterocycles. The van der Waals surface area contributed by atoms with Gasteiger partial charge in [-0.1, -0.05) is 19.8 Å². The maximum Gasteiger partial charge on any atom is 0.222 e. The molecule has 2 rings (SSSR count). The molecule has 0 aliphatic rings. The second-order valence-corrected chi connectivity index (χ2v) is 4.80. The van der Waals surface area contributed by atoms with Crippen LogP contribution in [0.4, 0.5) is 11.8 Å². The van der Waals surface area contributed by atoms with Crippen molar-refractivity contribution in [3.8, 4) is 0 Å². The summed E-state index contributed by atoms with van der Waals surface area (Å²) >= 11 is 0. The molecule has 0 saturated carbocycles. The molecular formula is C14H21N5O. The molecule has 0 unspecified atom stereocenters. The minimum Gasteiger partial charge on any atom is -0.396 e. The number of pyridine rings is 1. The van der Waals surface area contributed by atoms with Crippen LogP contribution in [-0.4, -0.2) is 32.7 Å². The highest BCUT2D eigenvalue weighted by Crippen LogP contribution is 2.20. The highest BCUT2D eigenvalue weighted by molar-refractivity contribution is 5.85. The van der Waals surface area contributed by atoms with Crippen molar-refractivity contribution in [1.29, 1.82) is 0 Å². The van der Waals surface area contributed by atoms with E-state index < -0.39 is 0 Å². The number of hydrogen-bond donors (Lipinski definition) is 3. The number of aromatic nitrogens is 3. The van der Waals surface area contributed by atoms with E-state index in [2.05, 4.69) is 27.2 Å². The van der Waals surface area contributed by atoms with Gasteiger partial charge < -0.3 is 16.2 Å². The Morgan fingerprint density at radius 1 is 1.35 bits per heavy atom. The fraction of sp³-hybridized carbons (Fsp3) is 0.500. The van der Waals surface area contributed by atoms with Gasteiger partial charge in [-0.3, -0.25) is 4.98 Å². The maximum atomic E-state index is 9.17. The van der Waals surface area contributed by atoms with Gasteiger partial charge in [-0.05, 0) is 25.0 Å². The number of nitrogens with two attached hydrogens (primary N) is 1. The summed E-state index contributed by atoms with van der Waals surface area (Å²) in [4.78, 5) is 12.7. The van der Waals surface area contributed by atoms with Gasteiger partial charge in [0.15, 0.2) is 5.82 Å². The van der Waals surface area contributed by atoms with Crippen molar-refractivity contribution in [3.63, 3.8) is 0 Å². The third kappa shape index (κ3) is 3.54. The second-order valence-electron chi connectivity index (χ2n) is 4.80. The van der Waals surface area contributed by atoms with Gasteiger partial charge in [-0.25, -0.2) is 4.98 Å². The zero-order valence-corrected chi connectivity index (χ0v) is 11.7. The summed E-state index contributed by atoms with van der Waals surface area (Å²) in [5, 5.41) is 12.5. The molecule has 0 aliphatic carbocycles. The monoisotopic (exact) mass is 275 g/mol. The van der Waals surface area contributed by atoms with Crippen LogP contribution in [0.3, 0.4) is 0 Å². The van der Waals surface area contributed by atoms with Gasteiger partial charge in [0, 0.05) is 18.8 Å². The van der Waals surface area contributed by atoms with Crippen LogP contribution >= 0.6 is 0 Å². The summed E-state index contributed by atoms with van der Waals surface area (Å²) in [6.07, 6.45) is 5.59. The molecule has 20 heavy (non-hydrogen) atoms. The number of rotatable bonds is 7. The normalized spacial score (nSPS) is 12.5. The quantitative estimate of drug-likeness (QED) is 0.714. The first-order chi connectivity index (χ1) is 9.74. The Labute approximate surface area is 118 Å². The zero-order chi connectivity index (χ0) is 14.4. The molecule has 0 aromatic carbocycles. The van der Waals surface area contributed by atoms with E-state index in [1.54, 1.807) is 6.20 Å². The summed E-state index contributed by atoms with van der Waals surface area (Å²) in [5.74, 6) is 0.869. The van der Waals surface area contributed by atoms with Crippen LogP contribution in [0.25, 0.3) is 11.0 Å². The largest absolute Gasteiger partial charge is 0.396 e. The summed E-state index contributed by atoms with van der Waals surface area (Å²) in [6.45, 7) is 2.29. The lowest BCUT2D eigenvalue weighted by Crippen LogP contribution is -2.22. The Bertz CT molecular complexity index is 560. The first-order valence-corrected chi connectivity index (χ1v) is 7.00. The molecule has 0 aliphatic heterocycles. The number of aliphatic hydroxyl groups excluding tert-OH is 1. The molecule has 0 saturated heterocycles. The fourth-order valence-corrected chi connectivity index (χ4v) is 2.17. The number of fused-ring (bicyclic) bond motifs is 1. The lowest BCUT2D eigenvalue weighted by Gasteiger charge is -2.19. The van der Waals surface area contributed by atoms with Gasteiger partial charge in [0.1, 0.15) is 5.52 Å². The van der Waals surface area contributed by atoms with Crippen LogP contribution in [0.5, 0.6) is 0 Å². The number of nitrogens with zero attached hydrogens (tertiary/aromatic N) is 3. The minimum atomic E-state index is 0.146. The van der Waals surface area contributed by atoms with E-state index >= 15 is 0 Å². The van der Waals surface area contributed by atoms with E-state index in [9.17, 15) is 0 Å². The Kier molecular flexibility index (Phi) is 5.06. The molecule has 6 heteroatoms. The standard InChI is InChI=1S/C14H21N5O/c1-2-3-5-10(7-9-20)17-13-12-11(6-4-8-16-12)18-14(15)19-13/h4,6,8,10,20H,2-3,5,7,9H2,1H3,(H3,15,17,18,19)/t10-/m1/s1. The predicted octanol–water partition coefficient (Wildman–Crippen LogP) is 1.96. The van der Waals surface area contributed by atoms with Crippen molar-refractivity contribution in [2.45, 2.75) is 38.6 Å². The van der Waals surface area contributed by atoms with Gasteiger partial charge in [-0.15, -0.1) is 0 Å². The molecule has 6 nitrogen and oxygen atoms in total. The van der Waals surface area contributed by atoms with E-state index in [4.69, 9.17) is 10.8 Å². The van der Waals surface area contributed by atoms with Crippen molar-refractivity contribution in [1.82, 2.24) is 15.0 Å². The predicted molar refractivity (Wildman–Crippen MR) is 80.4 cm³/mol. The Balaban J connectivity index is 2.26. The highest BCUT2D eigenvalue weighted by atomic mass is 16.3. The molecular weight excluding hydrogens is 254 g/mol. The third-order valence-corrected chi connectivity index (χ3v) is 3.20. The first kappa shape index (κ1) is 14.5. The molecule has 4 N–H and O–H groups in total. The first-order valence-electron chi connectivity index (χ1n) is 7.00. The molecule has 0 spiro atoms. The van der Waals surface area contributed by atoms with Crippen molar-refractivity contribution in [2.24, 2.45) is 0 Å². The average molecular weight is 275 g/mol. The zero-order valence-electron chi connectivity index (χ0n) is 11.7. The maximum absolute atomic E-state index is 9.17. The molecule has 0 bridgehead atoms. The number of hydrogen-bond acceptors (Lipinski definition) is 6. The van der Waals surface area contributed by atoms with Crippen molar-refractivity contribution >= 4 is 22.8 Å². The topological polar surface area (TPSA) is 97.0 Å². The molecule has 0 radical (unpaired) electrons. The van der Waals surface area contributed by atoms with Gasteiger partial charge in [0.05, 0.1) is 5.52 Å². The fourth-order valence-electron chi connectivity index (χ4n) is 2.17. The van der Waals surface area contributed by atoms with Crippen molar-refractivity contribution in [2.75, 3.05) is 17.7 Å². The Hall–Kier alpha value is -1.95. The number of anilines is 2. The van der Waals surface area contributed by atoms with Crippen LogP contribution < -0.4 is 11.1 Å². The van der Waals surface area contributed by atoms with Gasteiger partial charge >= 0.3 is 0 Å². The van der Waals surface area contributed by atoms with Crippen LogP contribution in [-0.2, 0) is 0 Å². The van der Waals surface area contributed by atoms with Crippen LogP contribution in [0.15, 0.2) is 18.3 Å². The van der Waals surface area contributed by atoms with E-state index in [1.807, 2.05) is 12.1 Å². The van der Waals surface area contributed by atoms with Gasteiger partial charge in [-0.2, -0.15) is 4.98 Å². The lowest BCUT2D eigenvalue weighted by atomic mass is 10.1. The molecule has 0 fully saturated rings. The molecule has 0 amide bonds. The Morgan fingerprint density at radius 3 is 2.95 bits per heavy atom. The van der Waals surface area contributed by atoms with E-state index in [0.29, 0.717) is 17.8 Å². The number of unbranched alkanes of at least 4 members (excludes halogenated alkanes) is 1. The summed E-state index contributed by atoms with van der Waals surface area (Å²) < 4.78 is 0. The summed E-state index contributed by atoms with van der Waals surface area (Å²) in [5.41, 5.74) is 7.17. The van der Waals surface area contributed by atoms with E-state index in [1.165, 1.54) is 0 Å². The SMILES string of the molecule is CCCC[C@H](CCO)Nc1nc(N)nc2cccnc12. The molecule has 2 heterocycles. The van der Waals surface area contributed by atoms with E-state index in [0.717, 1.165) is 24.8 Å². The van der Waals surface area contributed by atoms with Gasteiger partial charge in [0.25, 0.3) is 0 Å². The highest BCUT2D eigenvalue weighted by Gasteiger charge is 2.12. The number of aliphatic hydroxyl groups is 1. The minimum absolute atomic E-state index is 0.146. The summed E-state index contributed by atoms with van der Waals surface area (Å²) in [7, 11) is 0. The third-order valence-electron chi connectivity index (χ3n) is 3.20. The molecule has 2 aromatic rings. The van der Waals surface area contributed by atoms with Crippen molar-refractivity contribution in [3.05, 3.63) is 18.3 Å². The van der Waals surface area contributed by atoms with Crippen molar-refractivity contribution < 1.29 is 5.11 Å². The summed E-state index contributed by atoms with van der Waals surface area (Å²) in [6, 6.07) is 3.85. The second kappa shape index (κ2) is 7.00. The Morgan fingerprint density at radius 2 is 2.20 bits per heavy atom. The van der Waals surface area contributed by atoms with Crippen LogP contribution in [0.2, 0.25) is 0 Å². The lowest BCUT2D eigenvalue weighted by molar-refractivity contribution is 0.276. The van der Waals surface area contributed by atoms with Crippen LogP contribution in [0.1, 0.15) is 32.6 Å². The molecule has 108 valence electrons. The number of nitrogens with one attached hydrogen (secondary N) is 1. The smallest absolute Gasteiger partial charge is 0.222 e.